The molecule has 0 saturated heterocycles. The number of nitrogens with one attached hydrogen (secondary N) is 2. The molecule has 4 aromatic rings. The third-order valence-electron chi connectivity index (χ3n) is 3.79. The summed E-state index contributed by atoms with van der Waals surface area (Å²) in [5.41, 5.74) is 10.5. The van der Waals surface area contributed by atoms with Crippen molar-refractivity contribution in [1.29, 1.82) is 0 Å². The number of pyridine rings is 1. The van der Waals surface area contributed by atoms with Crippen LogP contribution in [0.4, 0.5) is 28.0 Å². The molecule has 2 heterocycles. The highest BCUT2D eigenvalue weighted by atomic mass is 32.1. The van der Waals surface area contributed by atoms with Gasteiger partial charge < -0.3 is 16.4 Å². The lowest BCUT2D eigenvalue weighted by atomic mass is 10.2. The minimum atomic E-state index is 0.610. The molecule has 5 nitrogen and oxygen atoms in total. The van der Waals surface area contributed by atoms with E-state index >= 15 is 0 Å². The number of hydrogen-bond donors (Lipinski definition) is 3. The molecule has 0 amide bonds. The minimum absolute atomic E-state index is 0.610. The highest BCUT2D eigenvalue weighted by Crippen LogP contribution is 2.28. The average Bonchev–Trinajstić information content (AvgIpc) is 3.13. The highest BCUT2D eigenvalue weighted by molar-refractivity contribution is 7.14. The SMILES string of the molecule is Nc1cccnc1Nc1cccc(Nc2nc(-c3ccccc3)cs2)c1. The first-order valence-corrected chi connectivity index (χ1v) is 9.01. The van der Waals surface area contributed by atoms with Crippen molar-refractivity contribution in [2.45, 2.75) is 0 Å². The van der Waals surface area contributed by atoms with Gasteiger partial charge in [0.05, 0.1) is 11.4 Å². The van der Waals surface area contributed by atoms with Gasteiger partial charge in [-0.15, -0.1) is 11.3 Å². The normalized spacial score (nSPS) is 10.5. The second kappa shape index (κ2) is 7.25. The molecule has 0 fully saturated rings. The summed E-state index contributed by atoms with van der Waals surface area (Å²) in [5, 5.41) is 9.48. The lowest BCUT2D eigenvalue weighted by Crippen LogP contribution is -1.99. The molecule has 0 bridgehead atoms. The van der Waals surface area contributed by atoms with Crippen LogP contribution >= 0.6 is 11.3 Å². The third kappa shape index (κ3) is 3.65. The van der Waals surface area contributed by atoms with Crippen LogP contribution in [-0.4, -0.2) is 9.97 Å². The first kappa shape index (κ1) is 16.1. The van der Waals surface area contributed by atoms with E-state index in [-0.39, 0.29) is 0 Å². The van der Waals surface area contributed by atoms with Crippen LogP contribution in [0.2, 0.25) is 0 Å². The number of anilines is 5. The zero-order valence-electron chi connectivity index (χ0n) is 13.9. The fourth-order valence-electron chi connectivity index (χ4n) is 2.53. The first-order valence-electron chi connectivity index (χ1n) is 8.13. The molecular weight excluding hydrogens is 342 g/mol. The van der Waals surface area contributed by atoms with Gasteiger partial charge in [-0.2, -0.15) is 0 Å². The largest absolute Gasteiger partial charge is 0.396 e. The monoisotopic (exact) mass is 359 g/mol. The van der Waals surface area contributed by atoms with Crippen molar-refractivity contribution in [3.63, 3.8) is 0 Å². The Morgan fingerprint density at radius 2 is 1.65 bits per heavy atom. The molecule has 0 aliphatic rings. The van der Waals surface area contributed by atoms with Gasteiger partial charge in [0.25, 0.3) is 0 Å². The van der Waals surface area contributed by atoms with E-state index in [0.717, 1.165) is 27.8 Å². The van der Waals surface area contributed by atoms with Gasteiger partial charge in [-0.25, -0.2) is 9.97 Å². The van der Waals surface area contributed by atoms with E-state index in [4.69, 9.17) is 5.73 Å². The van der Waals surface area contributed by atoms with Gasteiger partial charge in [0.15, 0.2) is 10.9 Å². The highest BCUT2D eigenvalue weighted by Gasteiger charge is 2.06. The second-order valence-corrected chi connectivity index (χ2v) is 6.53. The van der Waals surface area contributed by atoms with Gasteiger partial charge in [-0.05, 0) is 30.3 Å². The summed E-state index contributed by atoms with van der Waals surface area (Å²) in [7, 11) is 0. The zero-order chi connectivity index (χ0) is 17.8. The van der Waals surface area contributed by atoms with Crippen molar-refractivity contribution in [1.82, 2.24) is 9.97 Å². The minimum Gasteiger partial charge on any atom is -0.396 e. The molecule has 0 aliphatic heterocycles. The summed E-state index contributed by atoms with van der Waals surface area (Å²) < 4.78 is 0. The lowest BCUT2D eigenvalue weighted by molar-refractivity contribution is 1.31. The number of thiazole rings is 1. The van der Waals surface area contributed by atoms with Crippen molar-refractivity contribution in [2.75, 3.05) is 16.4 Å². The van der Waals surface area contributed by atoms with Gasteiger partial charge in [-0.3, -0.25) is 0 Å². The van der Waals surface area contributed by atoms with Gasteiger partial charge >= 0.3 is 0 Å². The van der Waals surface area contributed by atoms with Crippen LogP contribution in [0.3, 0.4) is 0 Å². The van der Waals surface area contributed by atoms with E-state index in [1.165, 1.54) is 0 Å². The van der Waals surface area contributed by atoms with Crippen molar-refractivity contribution in [2.24, 2.45) is 0 Å². The summed E-state index contributed by atoms with van der Waals surface area (Å²) >= 11 is 1.58. The Bertz CT molecular complexity index is 1010. The molecule has 2 aromatic carbocycles. The Hall–Kier alpha value is -3.38. The Labute approximate surface area is 155 Å². The predicted octanol–water partition coefficient (Wildman–Crippen LogP) is 5.27. The summed E-state index contributed by atoms with van der Waals surface area (Å²) in [6.45, 7) is 0. The van der Waals surface area contributed by atoms with Crippen LogP contribution in [0.25, 0.3) is 11.3 Å². The van der Waals surface area contributed by atoms with Gasteiger partial charge in [-0.1, -0.05) is 36.4 Å². The molecule has 4 N–H and O–H groups in total. The Morgan fingerprint density at radius 1 is 0.846 bits per heavy atom. The number of nitrogen functional groups attached to an aromatic ring is 1. The van der Waals surface area contributed by atoms with Crippen LogP contribution in [0.1, 0.15) is 0 Å². The van der Waals surface area contributed by atoms with E-state index in [1.54, 1.807) is 17.5 Å². The number of benzene rings is 2. The molecule has 6 heteroatoms. The van der Waals surface area contributed by atoms with Crippen LogP contribution in [0, 0.1) is 0 Å². The molecule has 26 heavy (non-hydrogen) atoms. The number of nitrogens with two attached hydrogens (primary N) is 1. The fourth-order valence-corrected chi connectivity index (χ4v) is 3.27. The molecular formula is C20H17N5S. The topological polar surface area (TPSA) is 75.9 Å². The van der Waals surface area contributed by atoms with E-state index in [1.807, 2.05) is 60.0 Å². The third-order valence-corrected chi connectivity index (χ3v) is 4.55. The van der Waals surface area contributed by atoms with E-state index in [0.29, 0.717) is 11.5 Å². The lowest BCUT2D eigenvalue weighted by Gasteiger charge is -2.09. The zero-order valence-corrected chi connectivity index (χ0v) is 14.7. The van der Waals surface area contributed by atoms with Crippen molar-refractivity contribution >= 4 is 39.3 Å². The van der Waals surface area contributed by atoms with Crippen LogP contribution < -0.4 is 16.4 Å². The maximum absolute atomic E-state index is 5.94. The number of aromatic nitrogens is 2. The standard InChI is InChI=1S/C20H17N5S/c21-17-10-5-11-22-19(17)23-15-8-4-9-16(12-15)24-20-25-18(13-26-20)14-6-2-1-3-7-14/h1-13H,21H2,(H,22,23)(H,24,25). The molecule has 0 atom stereocenters. The molecule has 2 aromatic heterocycles. The maximum atomic E-state index is 5.94. The molecule has 0 unspecified atom stereocenters. The Kier molecular flexibility index (Phi) is 4.49. The van der Waals surface area contributed by atoms with Crippen LogP contribution in [0.5, 0.6) is 0 Å². The molecule has 0 saturated carbocycles. The summed E-state index contributed by atoms with van der Waals surface area (Å²) in [6, 6.07) is 21.7. The molecule has 0 radical (unpaired) electrons. The Morgan fingerprint density at radius 3 is 2.46 bits per heavy atom. The first-order chi connectivity index (χ1) is 12.8. The van der Waals surface area contributed by atoms with Crippen molar-refractivity contribution in [3.8, 4) is 11.3 Å². The van der Waals surface area contributed by atoms with Crippen LogP contribution in [0.15, 0.2) is 78.3 Å². The summed E-state index contributed by atoms with van der Waals surface area (Å²) in [6.07, 6.45) is 1.71. The number of rotatable bonds is 5. The second-order valence-electron chi connectivity index (χ2n) is 5.68. The van der Waals surface area contributed by atoms with Gasteiger partial charge in [0.1, 0.15) is 0 Å². The van der Waals surface area contributed by atoms with Gasteiger partial charge in [0, 0.05) is 28.5 Å². The predicted molar refractivity (Wildman–Crippen MR) is 109 cm³/mol. The fraction of sp³-hybridized carbons (Fsp3) is 0. The molecule has 4 rings (SSSR count). The van der Waals surface area contributed by atoms with Crippen molar-refractivity contribution in [3.05, 3.63) is 78.3 Å². The van der Waals surface area contributed by atoms with Crippen molar-refractivity contribution < 1.29 is 0 Å². The summed E-state index contributed by atoms with van der Waals surface area (Å²) in [4.78, 5) is 8.92. The number of nitrogens with zero attached hydrogens (tertiary/aromatic N) is 2. The van der Waals surface area contributed by atoms with E-state index in [9.17, 15) is 0 Å². The number of hydrogen-bond acceptors (Lipinski definition) is 6. The Balaban J connectivity index is 1.51. The molecule has 0 aliphatic carbocycles. The average molecular weight is 359 g/mol. The molecule has 128 valence electrons. The van der Waals surface area contributed by atoms with E-state index < -0.39 is 0 Å². The molecule has 0 spiro atoms. The smallest absolute Gasteiger partial charge is 0.187 e. The van der Waals surface area contributed by atoms with Crippen LogP contribution in [-0.2, 0) is 0 Å². The summed E-state index contributed by atoms with van der Waals surface area (Å²) in [5.74, 6) is 0.644. The van der Waals surface area contributed by atoms with Gasteiger partial charge in [0.2, 0.25) is 0 Å². The quantitative estimate of drug-likeness (QED) is 0.452. The van der Waals surface area contributed by atoms with E-state index in [2.05, 4.69) is 32.7 Å². The maximum Gasteiger partial charge on any atom is 0.187 e.